The molecule has 2 heterocycles. The Bertz CT molecular complexity index is 1200. The van der Waals surface area contributed by atoms with Gasteiger partial charge in [-0.05, 0) is 48.4 Å². The zero-order valence-corrected chi connectivity index (χ0v) is 20.8. The van der Waals surface area contributed by atoms with E-state index in [9.17, 15) is 9.59 Å². The topological polar surface area (TPSA) is 73.6 Å². The summed E-state index contributed by atoms with van der Waals surface area (Å²) in [5.74, 6) is 0.340. The summed E-state index contributed by atoms with van der Waals surface area (Å²) in [4.78, 5) is 29.8. The number of likely N-dealkylation sites (N-methyl/N-ethyl adjacent to an activating group) is 1. The van der Waals surface area contributed by atoms with Crippen LogP contribution in [0.2, 0.25) is 10.0 Å². The van der Waals surface area contributed by atoms with Crippen LogP contribution in [0.5, 0.6) is 0 Å². The van der Waals surface area contributed by atoms with Crippen molar-refractivity contribution in [2.45, 2.75) is 38.3 Å². The average Bonchev–Trinajstić information content (AvgIpc) is 3.25. The van der Waals surface area contributed by atoms with Crippen molar-refractivity contribution in [2.24, 2.45) is 0 Å². The van der Waals surface area contributed by atoms with Gasteiger partial charge in [-0.2, -0.15) is 5.26 Å². The lowest BCUT2D eigenvalue weighted by atomic mass is 9.84. The van der Waals surface area contributed by atoms with Crippen molar-refractivity contribution in [3.63, 3.8) is 0 Å². The van der Waals surface area contributed by atoms with Gasteiger partial charge in [0.1, 0.15) is 11.3 Å². The number of methoxy groups -OCH3 is 1. The number of carbonyl (C=O) groups is 2. The number of carbonyl (C=O) groups excluding carboxylic acids is 2. The molecular formula is C26H25Cl2N3O3. The van der Waals surface area contributed by atoms with Gasteiger partial charge < -0.3 is 14.5 Å². The number of amides is 2. The van der Waals surface area contributed by atoms with E-state index in [1.807, 2.05) is 24.0 Å². The summed E-state index contributed by atoms with van der Waals surface area (Å²) in [6.07, 6.45) is 1.02. The molecule has 0 aliphatic carbocycles. The third-order valence-electron chi connectivity index (χ3n) is 6.71. The SMILES string of the molecule is CCN(C(C)=O)[C@@H]1CN2C(=O)C(c3cc(Cl)cc(Cl)c3)=C(OC)[C@@]2(Cc2ccc(C#N)cc2)C1. The van der Waals surface area contributed by atoms with Crippen LogP contribution in [0.25, 0.3) is 5.57 Å². The predicted molar refractivity (Wildman–Crippen MR) is 131 cm³/mol. The number of nitriles is 1. The number of benzene rings is 2. The third-order valence-corrected chi connectivity index (χ3v) is 7.15. The van der Waals surface area contributed by atoms with Gasteiger partial charge >= 0.3 is 0 Å². The van der Waals surface area contributed by atoms with Gasteiger partial charge in [0.05, 0.1) is 30.4 Å². The molecule has 0 saturated carbocycles. The van der Waals surface area contributed by atoms with Gasteiger partial charge in [-0.1, -0.05) is 35.3 Å². The average molecular weight is 498 g/mol. The molecule has 1 fully saturated rings. The molecule has 2 aromatic carbocycles. The summed E-state index contributed by atoms with van der Waals surface area (Å²) in [5.41, 5.74) is 1.78. The number of fused-ring (bicyclic) bond motifs is 1. The van der Waals surface area contributed by atoms with Gasteiger partial charge in [0.15, 0.2) is 0 Å². The minimum atomic E-state index is -0.780. The molecule has 4 rings (SSSR count). The number of hydrogen-bond acceptors (Lipinski definition) is 4. The first-order valence-electron chi connectivity index (χ1n) is 11.1. The summed E-state index contributed by atoms with van der Waals surface area (Å²) < 4.78 is 5.96. The molecule has 0 N–H and O–H groups in total. The van der Waals surface area contributed by atoms with Crippen LogP contribution < -0.4 is 0 Å². The zero-order valence-electron chi connectivity index (χ0n) is 19.3. The molecule has 0 aromatic heterocycles. The summed E-state index contributed by atoms with van der Waals surface area (Å²) in [7, 11) is 1.56. The van der Waals surface area contributed by atoms with Crippen LogP contribution in [-0.4, -0.2) is 53.4 Å². The van der Waals surface area contributed by atoms with E-state index in [1.165, 1.54) is 0 Å². The Labute approximate surface area is 209 Å². The molecular weight excluding hydrogens is 473 g/mol. The van der Waals surface area contributed by atoms with E-state index in [4.69, 9.17) is 33.2 Å². The summed E-state index contributed by atoms with van der Waals surface area (Å²) in [6.45, 7) is 4.44. The molecule has 0 spiro atoms. The second kappa shape index (κ2) is 9.32. The van der Waals surface area contributed by atoms with Crippen molar-refractivity contribution in [3.05, 3.63) is 75.0 Å². The summed E-state index contributed by atoms with van der Waals surface area (Å²) >= 11 is 12.5. The van der Waals surface area contributed by atoms with Crippen LogP contribution in [0.4, 0.5) is 0 Å². The Morgan fingerprint density at radius 1 is 1.24 bits per heavy atom. The number of hydrogen-bond donors (Lipinski definition) is 0. The molecule has 2 aromatic rings. The molecule has 1 saturated heterocycles. The van der Waals surface area contributed by atoms with Crippen LogP contribution >= 0.6 is 23.2 Å². The van der Waals surface area contributed by atoms with Crippen LogP contribution in [0.3, 0.4) is 0 Å². The van der Waals surface area contributed by atoms with Gasteiger partial charge in [0, 0.05) is 42.9 Å². The van der Waals surface area contributed by atoms with Crippen molar-refractivity contribution >= 4 is 40.6 Å². The normalized spacial score (nSPS) is 21.5. The number of rotatable bonds is 6. The van der Waals surface area contributed by atoms with E-state index in [-0.39, 0.29) is 17.9 Å². The highest BCUT2D eigenvalue weighted by molar-refractivity contribution is 6.35. The smallest absolute Gasteiger partial charge is 0.258 e. The maximum Gasteiger partial charge on any atom is 0.258 e. The molecule has 0 unspecified atom stereocenters. The number of halogens is 2. The standard InChI is InChI=1S/C26H25Cl2N3O3/c1-4-30(16(2)32)22-13-26(12-17-5-7-18(14-29)8-6-17)24(34-3)23(25(33)31(26)15-22)19-9-20(27)11-21(28)10-19/h5-11,22H,4,12-13,15H2,1-3H3/t22-,26+/m0/s1. The lowest BCUT2D eigenvalue weighted by Crippen LogP contribution is -2.45. The van der Waals surface area contributed by atoms with Gasteiger partial charge in [0.25, 0.3) is 5.91 Å². The van der Waals surface area contributed by atoms with Gasteiger partial charge in [-0.15, -0.1) is 0 Å². The van der Waals surface area contributed by atoms with Crippen LogP contribution in [0.15, 0.2) is 48.2 Å². The molecule has 6 nitrogen and oxygen atoms in total. The van der Waals surface area contributed by atoms with Crippen molar-refractivity contribution in [2.75, 3.05) is 20.2 Å². The highest BCUT2D eigenvalue weighted by Gasteiger charge is 2.59. The molecule has 2 aliphatic rings. The Hall–Kier alpha value is -3.01. The van der Waals surface area contributed by atoms with Crippen LogP contribution in [0, 0.1) is 11.3 Å². The first-order valence-corrected chi connectivity index (χ1v) is 11.8. The monoisotopic (exact) mass is 497 g/mol. The van der Waals surface area contributed by atoms with E-state index in [0.29, 0.717) is 58.4 Å². The summed E-state index contributed by atoms with van der Waals surface area (Å²) in [6, 6.07) is 14.4. The third kappa shape index (κ3) is 4.04. The highest BCUT2D eigenvalue weighted by atomic mass is 35.5. The molecule has 0 radical (unpaired) electrons. The van der Waals surface area contributed by atoms with Crippen molar-refractivity contribution in [3.8, 4) is 6.07 Å². The Morgan fingerprint density at radius 3 is 2.41 bits per heavy atom. The lowest BCUT2D eigenvalue weighted by molar-refractivity contribution is -0.131. The van der Waals surface area contributed by atoms with Crippen molar-refractivity contribution in [1.82, 2.24) is 9.80 Å². The van der Waals surface area contributed by atoms with Crippen LogP contribution in [0.1, 0.15) is 37.0 Å². The Morgan fingerprint density at radius 2 is 1.88 bits per heavy atom. The minimum Gasteiger partial charge on any atom is -0.498 e. The van der Waals surface area contributed by atoms with Crippen molar-refractivity contribution in [1.29, 1.82) is 5.26 Å². The number of nitrogens with zero attached hydrogens (tertiary/aromatic N) is 3. The van der Waals surface area contributed by atoms with Gasteiger partial charge in [-0.25, -0.2) is 0 Å². The fourth-order valence-electron chi connectivity index (χ4n) is 5.38. The first-order chi connectivity index (χ1) is 16.2. The van der Waals surface area contributed by atoms with E-state index in [2.05, 4.69) is 6.07 Å². The Balaban J connectivity index is 1.87. The van der Waals surface area contributed by atoms with E-state index >= 15 is 0 Å². The fraction of sp³-hybridized carbons (Fsp3) is 0.346. The van der Waals surface area contributed by atoms with Crippen LogP contribution in [-0.2, 0) is 20.7 Å². The molecule has 8 heteroatoms. The molecule has 2 aliphatic heterocycles. The van der Waals surface area contributed by atoms with E-state index in [0.717, 1.165) is 5.56 Å². The fourth-order valence-corrected chi connectivity index (χ4v) is 5.91. The van der Waals surface area contributed by atoms with E-state index < -0.39 is 5.54 Å². The molecule has 0 bridgehead atoms. The second-order valence-corrected chi connectivity index (χ2v) is 9.54. The second-order valence-electron chi connectivity index (χ2n) is 8.66. The quantitative estimate of drug-likeness (QED) is 0.580. The zero-order chi connectivity index (χ0) is 24.6. The largest absolute Gasteiger partial charge is 0.498 e. The maximum absolute atomic E-state index is 13.9. The Kier molecular flexibility index (Phi) is 6.62. The van der Waals surface area contributed by atoms with Gasteiger partial charge in [-0.3, -0.25) is 9.59 Å². The predicted octanol–water partition coefficient (Wildman–Crippen LogP) is 4.69. The molecule has 176 valence electrons. The first kappa shape index (κ1) is 24.1. The maximum atomic E-state index is 13.9. The minimum absolute atomic E-state index is 0.0283. The highest BCUT2D eigenvalue weighted by Crippen LogP contribution is 2.50. The summed E-state index contributed by atoms with van der Waals surface area (Å²) in [5, 5.41) is 10.0. The molecule has 2 amide bonds. The van der Waals surface area contributed by atoms with Crippen molar-refractivity contribution < 1.29 is 14.3 Å². The van der Waals surface area contributed by atoms with E-state index in [1.54, 1.807) is 49.3 Å². The van der Waals surface area contributed by atoms with Gasteiger partial charge in [0.2, 0.25) is 5.91 Å². The molecule has 34 heavy (non-hydrogen) atoms. The lowest BCUT2D eigenvalue weighted by Gasteiger charge is -2.34. The molecule has 2 atom stereocenters. The number of ether oxygens (including phenoxy) is 1.